The van der Waals surface area contributed by atoms with E-state index < -0.39 is 0 Å². The summed E-state index contributed by atoms with van der Waals surface area (Å²) in [4.78, 5) is 0. The van der Waals surface area contributed by atoms with Gasteiger partial charge < -0.3 is 5.11 Å². The Bertz CT molecular complexity index is 290. The minimum atomic E-state index is 0.351. The molecule has 0 aromatic heterocycles. The molecule has 1 aliphatic carbocycles. The highest BCUT2D eigenvalue weighted by Crippen LogP contribution is 2.45. The van der Waals surface area contributed by atoms with E-state index in [0.717, 1.165) is 17.9 Å². The van der Waals surface area contributed by atoms with Crippen molar-refractivity contribution in [1.82, 2.24) is 0 Å². The van der Waals surface area contributed by atoms with Gasteiger partial charge in [0.2, 0.25) is 0 Å². The van der Waals surface area contributed by atoms with Gasteiger partial charge in [-0.3, -0.25) is 0 Å². The van der Waals surface area contributed by atoms with Crippen LogP contribution in [-0.2, 0) is 0 Å². The summed E-state index contributed by atoms with van der Waals surface area (Å²) < 4.78 is 0. The monoisotopic (exact) mass is 208 g/mol. The molecule has 0 saturated carbocycles. The zero-order valence-electron chi connectivity index (χ0n) is 10.7. The van der Waals surface area contributed by atoms with Gasteiger partial charge in [0, 0.05) is 0 Å². The van der Waals surface area contributed by atoms with Crippen molar-refractivity contribution in [3.05, 3.63) is 23.0 Å². The number of hydrogen-bond acceptors (Lipinski definition) is 1. The van der Waals surface area contributed by atoms with E-state index in [1.54, 1.807) is 6.92 Å². The van der Waals surface area contributed by atoms with Gasteiger partial charge in [0.15, 0.2) is 0 Å². The topological polar surface area (TPSA) is 20.2 Å². The molecule has 0 bridgehead atoms. The summed E-state index contributed by atoms with van der Waals surface area (Å²) in [5.74, 6) is 1.24. The number of rotatable bonds is 3. The van der Waals surface area contributed by atoms with Crippen molar-refractivity contribution in [1.29, 1.82) is 0 Å². The molecule has 0 aliphatic heterocycles. The molecule has 0 spiro atoms. The summed E-state index contributed by atoms with van der Waals surface area (Å²) in [5, 5.41) is 9.34. The summed E-state index contributed by atoms with van der Waals surface area (Å²) in [5.41, 5.74) is 3.01. The molecule has 0 amide bonds. The Kier molecular flexibility index (Phi) is 3.64. The van der Waals surface area contributed by atoms with E-state index in [1.807, 2.05) is 6.92 Å². The van der Waals surface area contributed by atoms with Crippen LogP contribution in [0.25, 0.3) is 0 Å². The van der Waals surface area contributed by atoms with Crippen LogP contribution in [0.1, 0.15) is 53.9 Å². The molecule has 15 heavy (non-hydrogen) atoms. The predicted molar refractivity (Wildman–Crippen MR) is 65.9 cm³/mol. The molecule has 1 unspecified atom stereocenters. The minimum absolute atomic E-state index is 0.351. The molecular weight excluding hydrogens is 184 g/mol. The smallest absolute Gasteiger partial charge is 0.0880 e. The van der Waals surface area contributed by atoms with Crippen LogP contribution in [0.15, 0.2) is 23.0 Å². The molecular formula is C14H24O. The minimum Gasteiger partial charge on any atom is -0.513 e. The standard InChI is InChI=1S/C14H24O/c1-10(12(3)15)6-8-13-9-7-11(2)14(13,4)5/h7,13,15H,6,8-9H2,1-5H3. The Labute approximate surface area is 93.9 Å². The van der Waals surface area contributed by atoms with Gasteiger partial charge in [-0.2, -0.15) is 0 Å². The Balaban J connectivity index is 2.53. The van der Waals surface area contributed by atoms with Gasteiger partial charge >= 0.3 is 0 Å². The van der Waals surface area contributed by atoms with E-state index >= 15 is 0 Å². The molecule has 0 saturated heterocycles. The lowest BCUT2D eigenvalue weighted by Gasteiger charge is -2.29. The molecule has 0 aromatic rings. The van der Waals surface area contributed by atoms with Crippen LogP contribution < -0.4 is 0 Å². The first-order valence-corrected chi connectivity index (χ1v) is 5.88. The zero-order chi connectivity index (χ0) is 11.6. The molecule has 1 aliphatic rings. The second kappa shape index (κ2) is 4.42. The van der Waals surface area contributed by atoms with Crippen molar-refractivity contribution in [2.24, 2.45) is 11.3 Å². The number of aliphatic hydroxyl groups is 1. The first-order valence-electron chi connectivity index (χ1n) is 5.88. The summed E-state index contributed by atoms with van der Waals surface area (Å²) in [6.07, 6.45) is 5.79. The molecule has 1 rings (SSSR count). The summed E-state index contributed by atoms with van der Waals surface area (Å²) >= 11 is 0. The van der Waals surface area contributed by atoms with Gasteiger partial charge in [0.25, 0.3) is 0 Å². The highest BCUT2D eigenvalue weighted by molar-refractivity contribution is 5.18. The average Bonchev–Trinajstić information content (AvgIpc) is 2.39. The van der Waals surface area contributed by atoms with Crippen molar-refractivity contribution in [3.63, 3.8) is 0 Å². The predicted octanol–water partition coefficient (Wildman–Crippen LogP) is 4.61. The Morgan fingerprint density at radius 3 is 2.47 bits per heavy atom. The molecule has 0 fully saturated rings. The molecule has 1 heteroatoms. The fraction of sp³-hybridized carbons (Fsp3) is 0.714. The molecule has 1 atom stereocenters. The molecule has 1 N–H and O–H groups in total. The number of allylic oxidation sites excluding steroid dienone is 4. The van der Waals surface area contributed by atoms with Crippen LogP contribution in [0.2, 0.25) is 0 Å². The number of hydrogen-bond donors (Lipinski definition) is 1. The van der Waals surface area contributed by atoms with Crippen LogP contribution in [0.5, 0.6) is 0 Å². The Morgan fingerprint density at radius 1 is 1.47 bits per heavy atom. The van der Waals surface area contributed by atoms with Gasteiger partial charge in [-0.1, -0.05) is 25.5 Å². The van der Waals surface area contributed by atoms with Crippen molar-refractivity contribution in [3.8, 4) is 0 Å². The maximum atomic E-state index is 9.34. The van der Waals surface area contributed by atoms with Crippen LogP contribution in [0, 0.1) is 11.3 Å². The van der Waals surface area contributed by atoms with E-state index in [0.29, 0.717) is 11.2 Å². The van der Waals surface area contributed by atoms with Crippen LogP contribution in [0.3, 0.4) is 0 Å². The van der Waals surface area contributed by atoms with Crippen molar-refractivity contribution in [2.75, 3.05) is 0 Å². The van der Waals surface area contributed by atoms with Gasteiger partial charge in [-0.05, 0) is 56.9 Å². The fourth-order valence-electron chi connectivity index (χ4n) is 2.25. The lowest BCUT2D eigenvalue weighted by atomic mass is 9.75. The Morgan fingerprint density at radius 2 is 2.07 bits per heavy atom. The second-order valence-electron chi connectivity index (χ2n) is 5.45. The van der Waals surface area contributed by atoms with E-state index in [4.69, 9.17) is 0 Å². The maximum Gasteiger partial charge on any atom is 0.0880 e. The van der Waals surface area contributed by atoms with Crippen LogP contribution in [0.4, 0.5) is 0 Å². The van der Waals surface area contributed by atoms with Crippen LogP contribution >= 0.6 is 0 Å². The average molecular weight is 208 g/mol. The first-order chi connectivity index (χ1) is 6.85. The van der Waals surface area contributed by atoms with Crippen molar-refractivity contribution < 1.29 is 5.11 Å². The van der Waals surface area contributed by atoms with Gasteiger partial charge in [-0.15, -0.1) is 0 Å². The zero-order valence-corrected chi connectivity index (χ0v) is 10.7. The highest BCUT2D eigenvalue weighted by Gasteiger charge is 2.34. The SMILES string of the molecule is CC1=CCC(CCC(C)=C(C)O)C1(C)C. The summed E-state index contributed by atoms with van der Waals surface area (Å²) in [6, 6.07) is 0. The molecule has 0 heterocycles. The second-order valence-corrected chi connectivity index (χ2v) is 5.45. The summed E-state index contributed by atoms with van der Waals surface area (Å²) in [7, 11) is 0. The lowest BCUT2D eigenvalue weighted by molar-refractivity contribution is 0.273. The largest absolute Gasteiger partial charge is 0.513 e. The normalized spacial score (nSPS) is 26.2. The first kappa shape index (κ1) is 12.4. The molecule has 0 radical (unpaired) electrons. The highest BCUT2D eigenvalue weighted by atomic mass is 16.3. The Hall–Kier alpha value is -0.720. The third-order valence-electron chi connectivity index (χ3n) is 4.23. The van der Waals surface area contributed by atoms with Gasteiger partial charge in [-0.25, -0.2) is 0 Å². The quantitative estimate of drug-likeness (QED) is 0.530. The maximum absolute atomic E-state index is 9.34. The third-order valence-corrected chi connectivity index (χ3v) is 4.23. The van der Waals surface area contributed by atoms with Crippen LogP contribution in [-0.4, -0.2) is 5.11 Å². The van der Waals surface area contributed by atoms with Gasteiger partial charge in [0.1, 0.15) is 0 Å². The van der Waals surface area contributed by atoms with Crippen molar-refractivity contribution in [2.45, 2.75) is 53.9 Å². The molecule has 1 nitrogen and oxygen atoms in total. The summed E-state index contributed by atoms with van der Waals surface area (Å²) in [6.45, 7) is 10.7. The lowest BCUT2D eigenvalue weighted by Crippen LogP contribution is -2.20. The van der Waals surface area contributed by atoms with Gasteiger partial charge in [0.05, 0.1) is 5.76 Å². The fourth-order valence-corrected chi connectivity index (χ4v) is 2.25. The van der Waals surface area contributed by atoms with Crippen molar-refractivity contribution >= 4 is 0 Å². The van der Waals surface area contributed by atoms with E-state index in [-0.39, 0.29) is 0 Å². The van der Waals surface area contributed by atoms with E-state index in [2.05, 4.69) is 26.8 Å². The van der Waals surface area contributed by atoms with E-state index in [1.165, 1.54) is 18.4 Å². The third kappa shape index (κ3) is 2.64. The van der Waals surface area contributed by atoms with E-state index in [9.17, 15) is 5.11 Å². The molecule has 0 aromatic carbocycles. The number of aliphatic hydroxyl groups excluding tert-OH is 1. The molecule has 86 valence electrons.